The van der Waals surface area contributed by atoms with Gasteiger partial charge in [0.25, 0.3) is 0 Å². The Morgan fingerprint density at radius 1 is 1.47 bits per heavy atom. The molecule has 1 saturated heterocycles. The van der Waals surface area contributed by atoms with Crippen molar-refractivity contribution in [1.82, 2.24) is 0 Å². The van der Waals surface area contributed by atoms with Crippen molar-refractivity contribution in [3.63, 3.8) is 0 Å². The number of hydrogen-bond donors (Lipinski definition) is 1. The number of hydrogen-bond acceptors (Lipinski definition) is 4. The molecular weight excluding hydrogens is 194 g/mol. The normalized spacial score (nSPS) is 20.3. The molecule has 88 valence electrons. The lowest BCUT2D eigenvalue weighted by molar-refractivity contribution is -0.154. The van der Waals surface area contributed by atoms with Gasteiger partial charge in [0.1, 0.15) is 5.54 Å². The number of ether oxygens (including phenoxy) is 2. The molecule has 1 aliphatic rings. The van der Waals surface area contributed by atoms with E-state index in [1.54, 1.807) is 0 Å². The summed E-state index contributed by atoms with van der Waals surface area (Å²) in [5.74, 6) is 0.271. The van der Waals surface area contributed by atoms with Crippen LogP contribution in [-0.2, 0) is 14.3 Å². The molecule has 1 fully saturated rings. The molecule has 0 spiro atoms. The number of nitrogens with two attached hydrogens (primary N) is 1. The molecule has 1 aliphatic heterocycles. The van der Waals surface area contributed by atoms with Gasteiger partial charge in [0.15, 0.2) is 0 Å². The lowest BCUT2D eigenvalue weighted by atomic mass is 9.91. The third-order valence-electron chi connectivity index (χ3n) is 2.72. The van der Waals surface area contributed by atoms with Crippen molar-refractivity contribution in [3.05, 3.63) is 0 Å². The van der Waals surface area contributed by atoms with Crippen LogP contribution < -0.4 is 5.73 Å². The van der Waals surface area contributed by atoms with Crippen LogP contribution in [0, 0.1) is 5.92 Å². The predicted octanol–water partition coefficient (Wildman–Crippen LogP) is 1.08. The van der Waals surface area contributed by atoms with Crippen LogP contribution in [0.15, 0.2) is 0 Å². The van der Waals surface area contributed by atoms with E-state index in [1.165, 1.54) is 0 Å². The number of esters is 1. The van der Waals surface area contributed by atoms with Gasteiger partial charge >= 0.3 is 5.97 Å². The van der Waals surface area contributed by atoms with Gasteiger partial charge in [-0.15, -0.1) is 0 Å². The zero-order valence-electron chi connectivity index (χ0n) is 9.62. The lowest BCUT2D eigenvalue weighted by Crippen LogP contribution is -2.52. The first-order valence-corrected chi connectivity index (χ1v) is 5.58. The summed E-state index contributed by atoms with van der Waals surface area (Å²) < 4.78 is 10.3. The van der Waals surface area contributed by atoms with E-state index in [2.05, 4.69) is 13.8 Å². The Bertz CT molecular complexity index is 210. The highest BCUT2D eigenvalue weighted by atomic mass is 16.5. The summed E-state index contributed by atoms with van der Waals surface area (Å²) in [6, 6.07) is 0. The third-order valence-corrected chi connectivity index (χ3v) is 2.72. The Balaban J connectivity index is 2.31. The summed E-state index contributed by atoms with van der Waals surface area (Å²) in [4.78, 5) is 11.7. The van der Waals surface area contributed by atoms with Crippen LogP contribution in [0.4, 0.5) is 0 Å². The van der Waals surface area contributed by atoms with E-state index in [1.807, 2.05) is 0 Å². The molecule has 0 unspecified atom stereocenters. The van der Waals surface area contributed by atoms with Gasteiger partial charge in [0.05, 0.1) is 6.61 Å². The predicted molar refractivity (Wildman–Crippen MR) is 57.4 cm³/mol. The lowest BCUT2D eigenvalue weighted by Gasteiger charge is -2.30. The SMILES string of the molecule is CC(C)CCOC(=O)C1(N)CCOCC1. The van der Waals surface area contributed by atoms with Gasteiger partial charge in [-0.25, -0.2) is 0 Å². The van der Waals surface area contributed by atoms with Gasteiger partial charge in [0, 0.05) is 13.2 Å². The van der Waals surface area contributed by atoms with E-state index >= 15 is 0 Å². The highest BCUT2D eigenvalue weighted by Gasteiger charge is 2.37. The van der Waals surface area contributed by atoms with Crippen LogP contribution in [0.2, 0.25) is 0 Å². The molecule has 4 heteroatoms. The summed E-state index contributed by atoms with van der Waals surface area (Å²) in [5.41, 5.74) is 5.15. The third kappa shape index (κ3) is 3.80. The topological polar surface area (TPSA) is 61.5 Å². The fraction of sp³-hybridized carbons (Fsp3) is 0.909. The molecular formula is C11H21NO3. The average Bonchev–Trinajstić information content (AvgIpc) is 2.18. The maximum absolute atomic E-state index is 11.7. The molecule has 4 nitrogen and oxygen atoms in total. The highest BCUT2D eigenvalue weighted by Crippen LogP contribution is 2.19. The van der Waals surface area contributed by atoms with E-state index in [-0.39, 0.29) is 5.97 Å². The first kappa shape index (κ1) is 12.5. The minimum atomic E-state index is -0.810. The Morgan fingerprint density at radius 2 is 2.07 bits per heavy atom. The molecule has 0 atom stereocenters. The van der Waals surface area contributed by atoms with Gasteiger partial charge in [-0.3, -0.25) is 4.79 Å². The van der Waals surface area contributed by atoms with Gasteiger partial charge in [-0.1, -0.05) is 13.8 Å². The minimum Gasteiger partial charge on any atom is -0.464 e. The number of carbonyl (C=O) groups is 1. The van der Waals surface area contributed by atoms with Crippen LogP contribution in [0.3, 0.4) is 0 Å². The van der Waals surface area contributed by atoms with Crippen molar-refractivity contribution in [1.29, 1.82) is 0 Å². The van der Waals surface area contributed by atoms with Crippen molar-refractivity contribution < 1.29 is 14.3 Å². The molecule has 0 radical (unpaired) electrons. The Hall–Kier alpha value is -0.610. The monoisotopic (exact) mass is 215 g/mol. The molecule has 2 N–H and O–H groups in total. The summed E-state index contributed by atoms with van der Waals surface area (Å²) in [7, 11) is 0. The second-order valence-electron chi connectivity index (χ2n) is 4.59. The zero-order valence-corrected chi connectivity index (χ0v) is 9.62. The smallest absolute Gasteiger partial charge is 0.326 e. The Kier molecular flexibility index (Phi) is 4.54. The first-order valence-electron chi connectivity index (χ1n) is 5.58. The fourth-order valence-electron chi connectivity index (χ4n) is 1.47. The van der Waals surface area contributed by atoms with Crippen molar-refractivity contribution in [2.45, 2.75) is 38.6 Å². The molecule has 0 saturated carbocycles. The van der Waals surface area contributed by atoms with E-state index in [0.29, 0.717) is 38.6 Å². The van der Waals surface area contributed by atoms with E-state index in [0.717, 1.165) is 6.42 Å². The van der Waals surface area contributed by atoms with Gasteiger partial charge < -0.3 is 15.2 Å². The minimum absolute atomic E-state index is 0.272. The van der Waals surface area contributed by atoms with Crippen molar-refractivity contribution in [2.24, 2.45) is 11.7 Å². The van der Waals surface area contributed by atoms with E-state index in [9.17, 15) is 4.79 Å². The molecule has 0 bridgehead atoms. The summed E-state index contributed by atoms with van der Waals surface area (Å²) >= 11 is 0. The van der Waals surface area contributed by atoms with Gasteiger partial charge in [0.2, 0.25) is 0 Å². The Labute approximate surface area is 91.1 Å². The first-order chi connectivity index (χ1) is 7.04. The maximum atomic E-state index is 11.7. The molecule has 0 aromatic carbocycles. The van der Waals surface area contributed by atoms with Crippen molar-refractivity contribution in [2.75, 3.05) is 19.8 Å². The average molecular weight is 215 g/mol. The summed E-state index contributed by atoms with van der Waals surface area (Å²) in [5, 5.41) is 0. The Morgan fingerprint density at radius 3 is 2.60 bits per heavy atom. The molecule has 0 aromatic rings. The molecule has 0 amide bonds. The van der Waals surface area contributed by atoms with Crippen LogP contribution in [0.5, 0.6) is 0 Å². The van der Waals surface area contributed by atoms with Gasteiger partial charge in [-0.05, 0) is 25.2 Å². The van der Waals surface area contributed by atoms with E-state index in [4.69, 9.17) is 15.2 Å². The molecule has 15 heavy (non-hydrogen) atoms. The fourth-order valence-corrected chi connectivity index (χ4v) is 1.47. The molecule has 0 aromatic heterocycles. The molecule has 0 aliphatic carbocycles. The molecule has 1 rings (SSSR count). The largest absolute Gasteiger partial charge is 0.464 e. The second kappa shape index (κ2) is 5.47. The van der Waals surface area contributed by atoms with Crippen molar-refractivity contribution >= 4 is 5.97 Å². The molecule has 1 heterocycles. The summed E-state index contributed by atoms with van der Waals surface area (Å²) in [6.45, 7) is 5.77. The number of rotatable bonds is 4. The van der Waals surface area contributed by atoms with Crippen LogP contribution >= 0.6 is 0 Å². The summed E-state index contributed by atoms with van der Waals surface area (Å²) in [6.07, 6.45) is 2.01. The zero-order chi connectivity index (χ0) is 11.3. The maximum Gasteiger partial charge on any atom is 0.326 e. The van der Waals surface area contributed by atoms with Crippen molar-refractivity contribution in [3.8, 4) is 0 Å². The van der Waals surface area contributed by atoms with Crippen LogP contribution in [0.25, 0.3) is 0 Å². The van der Waals surface area contributed by atoms with Crippen LogP contribution in [0.1, 0.15) is 33.1 Å². The van der Waals surface area contributed by atoms with Gasteiger partial charge in [-0.2, -0.15) is 0 Å². The number of carbonyl (C=O) groups excluding carboxylic acids is 1. The second-order valence-corrected chi connectivity index (χ2v) is 4.59. The standard InChI is InChI=1S/C11H21NO3/c1-9(2)3-6-15-10(13)11(12)4-7-14-8-5-11/h9H,3-8,12H2,1-2H3. The van der Waals surface area contributed by atoms with Crippen LogP contribution in [-0.4, -0.2) is 31.3 Å². The highest BCUT2D eigenvalue weighted by molar-refractivity contribution is 5.80. The quantitative estimate of drug-likeness (QED) is 0.713. The van der Waals surface area contributed by atoms with E-state index < -0.39 is 5.54 Å².